The standard InChI is InChI=1S/C8H15NO/c1-7(10)5-8-3-4-9(2)6-8/h8H,3-6H2,1-2H3. The van der Waals surface area contributed by atoms with Crippen LogP contribution in [0.5, 0.6) is 0 Å². The van der Waals surface area contributed by atoms with Crippen molar-refractivity contribution in [3.8, 4) is 0 Å². The van der Waals surface area contributed by atoms with Gasteiger partial charge in [-0.2, -0.15) is 0 Å². The summed E-state index contributed by atoms with van der Waals surface area (Å²) in [6.07, 6.45) is 1.99. The van der Waals surface area contributed by atoms with Gasteiger partial charge >= 0.3 is 0 Å². The van der Waals surface area contributed by atoms with Crippen LogP contribution in [0.3, 0.4) is 0 Å². The van der Waals surface area contributed by atoms with Crippen LogP contribution in [-0.2, 0) is 4.79 Å². The van der Waals surface area contributed by atoms with Crippen LogP contribution in [0.2, 0.25) is 0 Å². The lowest BCUT2D eigenvalue weighted by Crippen LogP contribution is -2.15. The Morgan fingerprint density at radius 2 is 2.40 bits per heavy atom. The molecule has 0 aromatic heterocycles. The zero-order chi connectivity index (χ0) is 7.56. The van der Waals surface area contributed by atoms with Gasteiger partial charge in [0, 0.05) is 13.0 Å². The summed E-state index contributed by atoms with van der Waals surface area (Å²) in [5, 5.41) is 0. The van der Waals surface area contributed by atoms with Crippen molar-refractivity contribution < 1.29 is 4.79 Å². The second-order valence-corrected chi connectivity index (χ2v) is 3.32. The van der Waals surface area contributed by atoms with Crippen LogP contribution in [-0.4, -0.2) is 30.8 Å². The van der Waals surface area contributed by atoms with Gasteiger partial charge in [0.05, 0.1) is 0 Å². The van der Waals surface area contributed by atoms with Gasteiger partial charge in [-0.05, 0) is 32.9 Å². The van der Waals surface area contributed by atoms with Gasteiger partial charge in [0.25, 0.3) is 0 Å². The Morgan fingerprint density at radius 3 is 2.80 bits per heavy atom. The minimum Gasteiger partial charge on any atom is -0.306 e. The van der Waals surface area contributed by atoms with Crippen LogP contribution in [0.25, 0.3) is 0 Å². The molecule has 1 aliphatic heterocycles. The van der Waals surface area contributed by atoms with Crippen molar-refractivity contribution in [1.82, 2.24) is 4.90 Å². The fourth-order valence-corrected chi connectivity index (χ4v) is 1.60. The summed E-state index contributed by atoms with van der Waals surface area (Å²) in [7, 11) is 2.11. The number of carbonyl (C=O) groups excluding carboxylic acids is 1. The lowest BCUT2D eigenvalue weighted by molar-refractivity contribution is -0.117. The molecule has 2 nitrogen and oxygen atoms in total. The first-order valence-electron chi connectivity index (χ1n) is 3.86. The maximum absolute atomic E-state index is 10.7. The lowest BCUT2D eigenvalue weighted by atomic mass is 10.0. The minimum atomic E-state index is 0.334. The molecule has 0 amide bonds. The number of hydrogen-bond acceptors (Lipinski definition) is 2. The van der Waals surface area contributed by atoms with Crippen LogP contribution in [0.15, 0.2) is 0 Å². The molecule has 1 fully saturated rings. The molecule has 0 aliphatic carbocycles. The zero-order valence-electron chi connectivity index (χ0n) is 6.76. The van der Waals surface area contributed by atoms with E-state index in [2.05, 4.69) is 11.9 Å². The molecule has 1 heterocycles. The van der Waals surface area contributed by atoms with Crippen LogP contribution >= 0.6 is 0 Å². The summed E-state index contributed by atoms with van der Waals surface area (Å²) < 4.78 is 0. The first-order valence-corrected chi connectivity index (χ1v) is 3.86. The van der Waals surface area contributed by atoms with Crippen molar-refractivity contribution in [3.63, 3.8) is 0 Å². The van der Waals surface area contributed by atoms with Crippen molar-refractivity contribution in [3.05, 3.63) is 0 Å². The zero-order valence-corrected chi connectivity index (χ0v) is 6.76. The van der Waals surface area contributed by atoms with E-state index in [1.165, 1.54) is 6.42 Å². The fraction of sp³-hybridized carbons (Fsp3) is 0.875. The van der Waals surface area contributed by atoms with Gasteiger partial charge in [-0.25, -0.2) is 0 Å². The topological polar surface area (TPSA) is 20.3 Å². The molecule has 0 aromatic carbocycles. The second-order valence-electron chi connectivity index (χ2n) is 3.32. The molecule has 0 spiro atoms. The van der Waals surface area contributed by atoms with Crippen LogP contribution in [0, 0.1) is 5.92 Å². The van der Waals surface area contributed by atoms with Crippen molar-refractivity contribution in [2.24, 2.45) is 5.92 Å². The molecule has 0 bridgehead atoms. The Kier molecular flexibility index (Phi) is 2.44. The van der Waals surface area contributed by atoms with E-state index in [4.69, 9.17) is 0 Å². The van der Waals surface area contributed by atoms with Crippen LogP contribution in [0.1, 0.15) is 19.8 Å². The van der Waals surface area contributed by atoms with Crippen LogP contribution < -0.4 is 0 Å². The monoisotopic (exact) mass is 141 g/mol. The van der Waals surface area contributed by atoms with Crippen molar-refractivity contribution in [1.29, 1.82) is 0 Å². The molecule has 0 saturated carbocycles. The first-order chi connectivity index (χ1) is 4.68. The number of nitrogens with zero attached hydrogens (tertiary/aromatic N) is 1. The first kappa shape index (κ1) is 7.73. The third kappa shape index (κ3) is 2.10. The second kappa shape index (κ2) is 3.15. The Hall–Kier alpha value is -0.370. The largest absolute Gasteiger partial charge is 0.306 e. The lowest BCUT2D eigenvalue weighted by Gasteiger charge is -2.07. The highest BCUT2D eigenvalue weighted by molar-refractivity contribution is 5.75. The number of rotatable bonds is 2. The van der Waals surface area contributed by atoms with E-state index in [9.17, 15) is 4.79 Å². The maximum atomic E-state index is 10.7. The van der Waals surface area contributed by atoms with E-state index >= 15 is 0 Å². The molecular weight excluding hydrogens is 126 g/mol. The Balaban J connectivity index is 2.24. The highest BCUT2D eigenvalue weighted by Crippen LogP contribution is 2.17. The normalized spacial score (nSPS) is 27.2. The Morgan fingerprint density at radius 1 is 1.70 bits per heavy atom. The highest BCUT2D eigenvalue weighted by atomic mass is 16.1. The Labute approximate surface area is 62.2 Å². The Bertz CT molecular complexity index is 133. The van der Waals surface area contributed by atoms with Gasteiger partial charge in [0.2, 0.25) is 0 Å². The SMILES string of the molecule is CC(=O)CC1CCN(C)C1. The van der Waals surface area contributed by atoms with E-state index in [0.29, 0.717) is 11.7 Å². The third-order valence-electron chi connectivity index (χ3n) is 2.07. The average molecular weight is 141 g/mol. The summed E-state index contributed by atoms with van der Waals surface area (Å²) >= 11 is 0. The quantitative estimate of drug-likeness (QED) is 0.570. The van der Waals surface area contributed by atoms with Gasteiger partial charge in [0.15, 0.2) is 0 Å². The van der Waals surface area contributed by atoms with Gasteiger partial charge in [-0.15, -0.1) is 0 Å². The van der Waals surface area contributed by atoms with Crippen molar-refractivity contribution in [2.75, 3.05) is 20.1 Å². The number of carbonyl (C=O) groups is 1. The molecule has 0 aromatic rings. The van der Waals surface area contributed by atoms with E-state index in [-0.39, 0.29) is 0 Å². The number of hydrogen-bond donors (Lipinski definition) is 0. The average Bonchev–Trinajstić information content (AvgIpc) is 2.13. The van der Waals surface area contributed by atoms with E-state index in [1.54, 1.807) is 6.92 Å². The van der Waals surface area contributed by atoms with Crippen molar-refractivity contribution >= 4 is 5.78 Å². The molecule has 1 atom stereocenters. The fourth-order valence-electron chi connectivity index (χ4n) is 1.60. The van der Waals surface area contributed by atoms with E-state index in [0.717, 1.165) is 19.5 Å². The summed E-state index contributed by atoms with van der Waals surface area (Å²) in [5.41, 5.74) is 0. The van der Waals surface area contributed by atoms with Gasteiger partial charge in [0.1, 0.15) is 5.78 Å². The van der Waals surface area contributed by atoms with Gasteiger partial charge in [-0.3, -0.25) is 0 Å². The summed E-state index contributed by atoms with van der Waals surface area (Å²) in [6.45, 7) is 3.95. The molecule has 2 heteroatoms. The number of likely N-dealkylation sites (tertiary alicyclic amines) is 1. The molecule has 1 aliphatic rings. The predicted molar refractivity (Wildman–Crippen MR) is 40.9 cm³/mol. The number of Topliss-reactive ketones (excluding diaryl/α,β-unsaturated/α-hetero) is 1. The molecular formula is C8H15NO. The van der Waals surface area contributed by atoms with Gasteiger partial charge in [-0.1, -0.05) is 0 Å². The minimum absolute atomic E-state index is 0.334. The van der Waals surface area contributed by atoms with Gasteiger partial charge < -0.3 is 9.69 Å². The van der Waals surface area contributed by atoms with E-state index < -0.39 is 0 Å². The predicted octanol–water partition coefficient (Wildman–Crippen LogP) is 0.917. The summed E-state index contributed by atoms with van der Waals surface area (Å²) in [6, 6.07) is 0. The molecule has 1 unspecified atom stereocenters. The summed E-state index contributed by atoms with van der Waals surface area (Å²) in [4.78, 5) is 13.0. The third-order valence-corrected chi connectivity index (χ3v) is 2.07. The highest BCUT2D eigenvalue weighted by Gasteiger charge is 2.19. The molecule has 1 saturated heterocycles. The van der Waals surface area contributed by atoms with E-state index in [1.807, 2.05) is 0 Å². The molecule has 58 valence electrons. The molecule has 10 heavy (non-hydrogen) atoms. The molecule has 1 rings (SSSR count). The summed E-state index contributed by atoms with van der Waals surface area (Å²) in [5.74, 6) is 0.975. The number of ketones is 1. The molecule has 0 N–H and O–H groups in total. The maximum Gasteiger partial charge on any atom is 0.130 e. The molecule has 0 radical (unpaired) electrons. The van der Waals surface area contributed by atoms with Crippen LogP contribution in [0.4, 0.5) is 0 Å². The van der Waals surface area contributed by atoms with Crippen molar-refractivity contribution in [2.45, 2.75) is 19.8 Å². The smallest absolute Gasteiger partial charge is 0.130 e.